The summed E-state index contributed by atoms with van der Waals surface area (Å²) >= 11 is 5.97. The van der Waals surface area contributed by atoms with Crippen molar-refractivity contribution >= 4 is 29.1 Å². The molecule has 0 spiro atoms. The number of amides is 2. The quantitative estimate of drug-likeness (QED) is 0.672. The number of carbonyl (C=O) groups excluding carboxylic acids is 2. The number of halogens is 1. The molecule has 0 aliphatic carbocycles. The highest BCUT2D eigenvalue weighted by molar-refractivity contribution is 6.31. The first-order valence-corrected chi connectivity index (χ1v) is 9.12. The Balaban J connectivity index is 1.64. The van der Waals surface area contributed by atoms with Crippen LogP contribution in [0.4, 0.5) is 5.69 Å². The maximum Gasteiger partial charge on any atom is 0.257 e. The van der Waals surface area contributed by atoms with E-state index in [0.29, 0.717) is 27.8 Å². The van der Waals surface area contributed by atoms with E-state index in [1.165, 1.54) is 31.5 Å². The minimum Gasteiger partial charge on any atom is -0.495 e. The fourth-order valence-corrected chi connectivity index (χ4v) is 2.82. The molecular weight excluding hydrogens is 392 g/mol. The van der Waals surface area contributed by atoms with E-state index in [1.54, 1.807) is 18.2 Å². The van der Waals surface area contributed by atoms with Gasteiger partial charge in [0.15, 0.2) is 5.82 Å². The summed E-state index contributed by atoms with van der Waals surface area (Å²) in [6.07, 6.45) is 2.90. The van der Waals surface area contributed by atoms with Crippen LogP contribution in [-0.4, -0.2) is 47.4 Å². The second-order valence-electron chi connectivity index (χ2n) is 6.22. The summed E-state index contributed by atoms with van der Waals surface area (Å²) < 4.78 is 5.20. The van der Waals surface area contributed by atoms with E-state index in [-0.39, 0.29) is 18.4 Å². The van der Waals surface area contributed by atoms with Crippen LogP contribution in [0.15, 0.2) is 60.9 Å². The lowest BCUT2D eigenvalue weighted by atomic mass is 10.2. The Hall–Kier alpha value is -3.45. The fourth-order valence-electron chi connectivity index (χ4n) is 2.65. The predicted octanol–water partition coefficient (Wildman–Crippen LogP) is 3.52. The summed E-state index contributed by atoms with van der Waals surface area (Å²) in [6, 6.07) is 14.3. The van der Waals surface area contributed by atoms with Crippen LogP contribution in [0.3, 0.4) is 0 Å². The van der Waals surface area contributed by atoms with E-state index in [2.05, 4.69) is 15.3 Å². The molecule has 7 nitrogen and oxygen atoms in total. The minimum atomic E-state index is -0.386. The lowest BCUT2D eigenvalue weighted by Crippen LogP contribution is -2.35. The topological polar surface area (TPSA) is 84.4 Å². The Bertz CT molecular complexity index is 1010. The monoisotopic (exact) mass is 410 g/mol. The summed E-state index contributed by atoms with van der Waals surface area (Å²) in [5.74, 6) is 0.248. The molecule has 0 saturated carbocycles. The number of benzene rings is 2. The summed E-state index contributed by atoms with van der Waals surface area (Å²) in [6.45, 7) is -0.158. The first-order valence-electron chi connectivity index (χ1n) is 8.74. The number of rotatable bonds is 6. The molecular formula is C21H19ClN4O3. The summed E-state index contributed by atoms with van der Waals surface area (Å²) in [4.78, 5) is 34.7. The second-order valence-corrected chi connectivity index (χ2v) is 6.65. The normalized spacial score (nSPS) is 10.3. The number of anilines is 1. The van der Waals surface area contributed by atoms with Crippen molar-refractivity contribution in [3.05, 3.63) is 71.5 Å². The third-order valence-corrected chi connectivity index (χ3v) is 4.33. The molecule has 0 unspecified atom stereocenters. The van der Waals surface area contributed by atoms with Gasteiger partial charge in [-0.1, -0.05) is 41.9 Å². The summed E-state index contributed by atoms with van der Waals surface area (Å²) in [5, 5.41) is 3.16. The number of ether oxygens (including phenoxy) is 1. The number of aromatic nitrogens is 2. The summed E-state index contributed by atoms with van der Waals surface area (Å²) in [7, 11) is 3.02. The lowest BCUT2D eigenvalue weighted by molar-refractivity contribution is -0.116. The van der Waals surface area contributed by atoms with Crippen LogP contribution in [0.2, 0.25) is 5.02 Å². The van der Waals surface area contributed by atoms with Gasteiger partial charge in [0.05, 0.1) is 24.9 Å². The average Bonchev–Trinajstić information content (AvgIpc) is 2.74. The number of nitrogens with zero attached hydrogens (tertiary/aromatic N) is 3. The molecule has 148 valence electrons. The van der Waals surface area contributed by atoms with Crippen molar-refractivity contribution in [1.29, 1.82) is 0 Å². The largest absolute Gasteiger partial charge is 0.495 e. The highest BCUT2D eigenvalue weighted by Gasteiger charge is 2.17. The number of carbonyl (C=O) groups is 2. The van der Waals surface area contributed by atoms with Crippen LogP contribution in [0.25, 0.3) is 11.4 Å². The zero-order valence-corrected chi connectivity index (χ0v) is 16.7. The molecule has 0 bridgehead atoms. The van der Waals surface area contributed by atoms with Crippen LogP contribution in [0.1, 0.15) is 10.4 Å². The van der Waals surface area contributed by atoms with Crippen molar-refractivity contribution in [3.63, 3.8) is 0 Å². The van der Waals surface area contributed by atoms with Crippen molar-refractivity contribution in [2.24, 2.45) is 0 Å². The van der Waals surface area contributed by atoms with Gasteiger partial charge in [-0.3, -0.25) is 9.59 Å². The number of methoxy groups -OCH3 is 1. The molecule has 1 heterocycles. The van der Waals surface area contributed by atoms with Crippen molar-refractivity contribution in [2.45, 2.75) is 0 Å². The molecule has 0 saturated heterocycles. The van der Waals surface area contributed by atoms with E-state index in [4.69, 9.17) is 16.3 Å². The van der Waals surface area contributed by atoms with Gasteiger partial charge in [-0.25, -0.2) is 9.97 Å². The van der Waals surface area contributed by atoms with Crippen molar-refractivity contribution in [1.82, 2.24) is 14.9 Å². The number of hydrogen-bond acceptors (Lipinski definition) is 5. The zero-order valence-electron chi connectivity index (χ0n) is 15.9. The predicted molar refractivity (Wildman–Crippen MR) is 111 cm³/mol. The molecule has 3 aromatic rings. The van der Waals surface area contributed by atoms with E-state index in [1.807, 2.05) is 30.3 Å². The van der Waals surface area contributed by atoms with Crippen molar-refractivity contribution < 1.29 is 14.3 Å². The van der Waals surface area contributed by atoms with Gasteiger partial charge in [-0.2, -0.15) is 0 Å². The molecule has 2 amide bonds. The first kappa shape index (κ1) is 20.3. The Kier molecular flexibility index (Phi) is 6.41. The van der Waals surface area contributed by atoms with Crippen LogP contribution in [0.5, 0.6) is 5.75 Å². The lowest BCUT2D eigenvalue weighted by Gasteiger charge is -2.17. The summed E-state index contributed by atoms with van der Waals surface area (Å²) in [5.41, 5.74) is 1.58. The number of nitrogens with one attached hydrogen (secondary N) is 1. The van der Waals surface area contributed by atoms with Crippen LogP contribution >= 0.6 is 11.6 Å². The van der Waals surface area contributed by atoms with E-state index in [9.17, 15) is 9.59 Å². The number of likely N-dealkylation sites (N-methyl/N-ethyl adjacent to an activating group) is 1. The van der Waals surface area contributed by atoms with Crippen molar-refractivity contribution in [3.8, 4) is 17.1 Å². The third-order valence-electron chi connectivity index (χ3n) is 4.09. The van der Waals surface area contributed by atoms with Crippen LogP contribution in [-0.2, 0) is 4.79 Å². The van der Waals surface area contributed by atoms with Gasteiger partial charge in [-0.15, -0.1) is 0 Å². The van der Waals surface area contributed by atoms with Gasteiger partial charge in [-0.05, 0) is 18.2 Å². The molecule has 3 rings (SSSR count). The molecule has 2 aromatic carbocycles. The number of hydrogen-bond donors (Lipinski definition) is 1. The van der Waals surface area contributed by atoms with Gasteiger partial charge in [0.1, 0.15) is 5.75 Å². The molecule has 0 radical (unpaired) electrons. The Morgan fingerprint density at radius 2 is 1.79 bits per heavy atom. The second kappa shape index (κ2) is 9.16. The van der Waals surface area contributed by atoms with Gasteiger partial charge < -0.3 is 15.0 Å². The maximum atomic E-state index is 12.6. The minimum absolute atomic E-state index is 0.158. The van der Waals surface area contributed by atoms with Gasteiger partial charge >= 0.3 is 0 Å². The highest BCUT2D eigenvalue weighted by Crippen LogP contribution is 2.27. The van der Waals surface area contributed by atoms with E-state index in [0.717, 1.165) is 5.56 Å². The molecule has 0 atom stereocenters. The molecule has 8 heteroatoms. The van der Waals surface area contributed by atoms with Crippen LogP contribution < -0.4 is 10.1 Å². The van der Waals surface area contributed by atoms with Crippen LogP contribution in [0, 0.1) is 0 Å². The maximum absolute atomic E-state index is 12.6. The van der Waals surface area contributed by atoms with E-state index < -0.39 is 0 Å². The molecule has 1 aromatic heterocycles. The van der Waals surface area contributed by atoms with Gasteiger partial charge in [0, 0.05) is 30.0 Å². The Labute approximate surface area is 173 Å². The fraction of sp³-hybridized carbons (Fsp3) is 0.143. The molecule has 0 aliphatic rings. The standard InChI is InChI=1S/C21H19ClN4O3/c1-26(13-19(27)25-17-10-16(22)8-9-18(17)29-2)21(28)15-11-23-20(24-12-15)14-6-4-3-5-7-14/h3-12H,13H2,1-2H3,(H,25,27). The smallest absolute Gasteiger partial charge is 0.257 e. The molecule has 29 heavy (non-hydrogen) atoms. The van der Waals surface area contributed by atoms with Gasteiger partial charge in [0.2, 0.25) is 5.91 Å². The molecule has 0 fully saturated rings. The Morgan fingerprint density at radius 3 is 2.45 bits per heavy atom. The average molecular weight is 411 g/mol. The zero-order chi connectivity index (χ0) is 20.8. The molecule has 1 N–H and O–H groups in total. The third kappa shape index (κ3) is 5.08. The van der Waals surface area contributed by atoms with E-state index >= 15 is 0 Å². The first-order chi connectivity index (χ1) is 14.0. The Morgan fingerprint density at radius 1 is 1.10 bits per heavy atom. The highest BCUT2D eigenvalue weighted by atomic mass is 35.5. The SMILES string of the molecule is COc1ccc(Cl)cc1NC(=O)CN(C)C(=O)c1cnc(-c2ccccc2)nc1. The van der Waals surface area contributed by atoms with Gasteiger partial charge in [0.25, 0.3) is 5.91 Å². The van der Waals surface area contributed by atoms with Crippen molar-refractivity contribution in [2.75, 3.05) is 26.0 Å². The molecule has 0 aliphatic heterocycles.